The second kappa shape index (κ2) is 8.44. The van der Waals surface area contributed by atoms with E-state index in [1.807, 2.05) is 0 Å². The van der Waals surface area contributed by atoms with Gasteiger partial charge < -0.3 is 14.3 Å². The number of carbonyl (C=O) groups is 2. The van der Waals surface area contributed by atoms with Crippen LogP contribution in [-0.4, -0.2) is 24.1 Å². The lowest BCUT2D eigenvalue weighted by Crippen LogP contribution is -2.40. The SMILES string of the molecule is CC(C)(Oc1ccc(C(=O)c2ccc(Cl)cc2)cc1)C(=O)OCON=O. The highest BCUT2D eigenvalue weighted by molar-refractivity contribution is 6.30. The first-order valence-electron chi connectivity index (χ1n) is 7.54. The maximum Gasteiger partial charge on any atom is 0.352 e. The predicted molar refractivity (Wildman–Crippen MR) is 93.9 cm³/mol. The molecule has 0 fully saturated rings. The van der Waals surface area contributed by atoms with E-state index in [0.29, 0.717) is 21.9 Å². The fourth-order valence-corrected chi connectivity index (χ4v) is 2.18. The van der Waals surface area contributed by atoms with Crippen LogP contribution in [-0.2, 0) is 14.4 Å². The largest absolute Gasteiger partial charge is 0.476 e. The number of nitrogens with zero attached hydrogens (tertiary/aromatic N) is 1. The van der Waals surface area contributed by atoms with Gasteiger partial charge in [0.2, 0.25) is 0 Å². The summed E-state index contributed by atoms with van der Waals surface area (Å²) in [6, 6.07) is 12.9. The first-order valence-corrected chi connectivity index (χ1v) is 7.92. The maximum atomic E-state index is 12.4. The van der Waals surface area contributed by atoms with Gasteiger partial charge in [0.15, 0.2) is 16.7 Å². The summed E-state index contributed by atoms with van der Waals surface area (Å²) in [5.41, 5.74) is -0.352. The molecule has 0 saturated carbocycles. The summed E-state index contributed by atoms with van der Waals surface area (Å²) in [4.78, 5) is 38.2. The van der Waals surface area contributed by atoms with Crippen LogP contribution in [0.3, 0.4) is 0 Å². The highest BCUT2D eigenvalue weighted by Gasteiger charge is 2.32. The molecule has 0 unspecified atom stereocenters. The van der Waals surface area contributed by atoms with Gasteiger partial charge in [-0.15, -0.1) is 4.91 Å². The van der Waals surface area contributed by atoms with Gasteiger partial charge >= 0.3 is 5.97 Å². The Bertz CT molecular complexity index is 786. The summed E-state index contributed by atoms with van der Waals surface area (Å²) in [5.74, 6) is -0.526. The summed E-state index contributed by atoms with van der Waals surface area (Å²) in [7, 11) is 0. The molecule has 0 atom stereocenters. The first-order chi connectivity index (χ1) is 12.3. The molecular weight excluding hydrogens is 362 g/mol. The summed E-state index contributed by atoms with van der Waals surface area (Å²) >= 11 is 5.82. The average Bonchev–Trinajstić information content (AvgIpc) is 2.62. The van der Waals surface area contributed by atoms with Gasteiger partial charge in [-0.3, -0.25) is 4.79 Å². The average molecular weight is 378 g/mol. The molecule has 0 amide bonds. The van der Waals surface area contributed by atoms with E-state index in [1.165, 1.54) is 13.8 Å². The van der Waals surface area contributed by atoms with Crippen molar-refractivity contribution in [3.63, 3.8) is 0 Å². The smallest absolute Gasteiger partial charge is 0.352 e. The summed E-state index contributed by atoms with van der Waals surface area (Å²) in [6.45, 7) is 2.40. The van der Waals surface area contributed by atoms with Gasteiger partial charge in [-0.2, -0.15) is 0 Å². The van der Waals surface area contributed by atoms with Gasteiger partial charge in [0.25, 0.3) is 6.79 Å². The van der Waals surface area contributed by atoms with E-state index in [1.54, 1.807) is 48.5 Å². The minimum absolute atomic E-state index is 0.162. The number of ketones is 1. The topological polar surface area (TPSA) is 91.3 Å². The molecule has 0 radical (unpaired) electrons. The van der Waals surface area contributed by atoms with Crippen LogP contribution in [0.4, 0.5) is 0 Å². The molecule has 0 heterocycles. The number of esters is 1. The Kier molecular flexibility index (Phi) is 6.30. The number of hydrogen-bond acceptors (Lipinski definition) is 7. The van der Waals surface area contributed by atoms with E-state index in [9.17, 15) is 14.5 Å². The zero-order valence-electron chi connectivity index (χ0n) is 14.1. The number of carbonyl (C=O) groups excluding carboxylic acids is 2. The lowest BCUT2D eigenvalue weighted by Gasteiger charge is -2.23. The Hall–Kier alpha value is -2.93. The van der Waals surface area contributed by atoms with Crippen molar-refractivity contribution in [2.75, 3.05) is 6.79 Å². The van der Waals surface area contributed by atoms with Gasteiger partial charge in [0.05, 0.1) is 0 Å². The molecule has 2 rings (SSSR count). The van der Waals surface area contributed by atoms with Crippen molar-refractivity contribution in [3.05, 3.63) is 69.6 Å². The van der Waals surface area contributed by atoms with Gasteiger partial charge in [0, 0.05) is 16.1 Å². The molecule has 0 aliphatic rings. The van der Waals surface area contributed by atoms with Crippen LogP contribution in [0.1, 0.15) is 29.8 Å². The van der Waals surface area contributed by atoms with Crippen molar-refractivity contribution < 1.29 is 23.9 Å². The molecule has 2 aromatic rings. The lowest BCUT2D eigenvalue weighted by molar-refractivity contribution is -0.172. The van der Waals surface area contributed by atoms with Crippen LogP contribution in [0.15, 0.2) is 53.9 Å². The van der Waals surface area contributed by atoms with E-state index in [2.05, 4.69) is 10.2 Å². The third-order valence-electron chi connectivity index (χ3n) is 3.38. The molecule has 0 aromatic heterocycles. The van der Waals surface area contributed by atoms with E-state index in [4.69, 9.17) is 21.1 Å². The maximum absolute atomic E-state index is 12.4. The van der Waals surface area contributed by atoms with Crippen molar-refractivity contribution in [3.8, 4) is 5.75 Å². The van der Waals surface area contributed by atoms with Crippen molar-refractivity contribution >= 4 is 23.4 Å². The molecule has 0 spiro atoms. The molecule has 0 aliphatic heterocycles. The van der Waals surface area contributed by atoms with Crippen molar-refractivity contribution in [2.45, 2.75) is 19.4 Å². The Balaban J connectivity index is 2.04. The lowest BCUT2D eigenvalue weighted by atomic mass is 10.0. The van der Waals surface area contributed by atoms with E-state index < -0.39 is 18.4 Å². The van der Waals surface area contributed by atoms with Crippen molar-refractivity contribution in [1.82, 2.24) is 0 Å². The molecule has 26 heavy (non-hydrogen) atoms. The molecular formula is C18H16ClNO6. The molecule has 0 bridgehead atoms. The zero-order valence-corrected chi connectivity index (χ0v) is 14.9. The van der Waals surface area contributed by atoms with Crippen LogP contribution < -0.4 is 4.74 Å². The van der Waals surface area contributed by atoms with Crippen LogP contribution in [0.25, 0.3) is 0 Å². The predicted octanol–water partition coefficient (Wildman–Crippen LogP) is 3.93. The number of halogens is 1. The quantitative estimate of drug-likeness (QED) is 0.173. The summed E-state index contributed by atoms with van der Waals surface area (Å²) in [6.07, 6.45) is 0. The molecule has 136 valence electrons. The van der Waals surface area contributed by atoms with Gasteiger partial charge in [-0.1, -0.05) is 11.6 Å². The second-order valence-electron chi connectivity index (χ2n) is 5.73. The molecule has 0 aliphatic carbocycles. The van der Waals surface area contributed by atoms with Gasteiger partial charge in [0.1, 0.15) is 5.75 Å². The van der Waals surface area contributed by atoms with Crippen molar-refractivity contribution in [1.29, 1.82) is 0 Å². The number of hydrogen-bond donors (Lipinski definition) is 0. The second-order valence-corrected chi connectivity index (χ2v) is 6.16. The first kappa shape index (κ1) is 19.4. The summed E-state index contributed by atoms with van der Waals surface area (Å²) in [5, 5.41) is 2.67. The van der Waals surface area contributed by atoms with Gasteiger partial charge in [-0.25, -0.2) is 4.79 Å². The monoisotopic (exact) mass is 377 g/mol. The number of ether oxygens (including phenoxy) is 2. The Morgan fingerprint density at radius 2 is 1.54 bits per heavy atom. The molecule has 7 nitrogen and oxygen atoms in total. The third kappa shape index (κ3) is 5.03. The molecule has 2 aromatic carbocycles. The fourth-order valence-electron chi connectivity index (χ4n) is 2.05. The highest BCUT2D eigenvalue weighted by Crippen LogP contribution is 2.22. The molecule has 0 N–H and O–H groups in total. The van der Waals surface area contributed by atoms with E-state index >= 15 is 0 Å². The van der Waals surface area contributed by atoms with Crippen LogP contribution >= 0.6 is 11.6 Å². The van der Waals surface area contributed by atoms with Crippen molar-refractivity contribution in [2.24, 2.45) is 5.34 Å². The number of rotatable bonds is 8. The highest BCUT2D eigenvalue weighted by atomic mass is 35.5. The Morgan fingerprint density at radius 1 is 1.00 bits per heavy atom. The molecule has 8 heteroatoms. The molecule has 0 saturated heterocycles. The normalized spacial score (nSPS) is 10.7. The van der Waals surface area contributed by atoms with Crippen LogP contribution in [0, 0.1) is 4.91 Å². The van der Waals surface area contributed by atoms with Crippen LogP contribution in [0.2, 0.25) is 5.02 Å². The Morgan fingerprint density at radius 3 is 2.08 bits per heavy atom. The van der Waals surface area contributed by atoms with E-state index in [0.717, 1.165) is 0 Å². The fraction of sp³-hybridized carbons (Fsp3) is 0.222. The van der Waals surface area contributed by atoms with Crippen LogP contribution in [0.5, 0.6) is 5.75 Å². The number of benzene rings is 2. The zero-order chi connectivity index (χ0) is 19.2. The van der Waals surface area contributed by atoms with Gasteiger partial charge in [-0.05, 0) is 62.4 Å². The standard InChI is InChI=1S/C18H16ClNO6/c1-18(2,17(22)24-11-25-20-23)26-15-9-5-13(6-10-15)16(21)12-3-7-14(19)8-4-12/h3-10H,11H2,1-2H3. The third-order valence-corrected chi connectivity index (χ3v) is 3.63. The Labute approximate surface area is 154 Å². The minimum atomic E-state index is -1.33. The van der Waals surface area contributed by atoms with E-state index in [-0.39, 0.29) is 5.78 Å². The summed E-state index contributed by atoms with van der Waals surface area (Å²) < 4.78 is 10.3. The minimum Gasteiger partial charge on any atom is -0.476 e.